The van der Waals surface area contributed by atoms with Crippen LogP contribution in [0, 0.1) is 0 Å². The Balaban J connectivity index is 2.60. The van der Waals surface area contributed by atoms with Gasteiger partial charge in [-0.3, -0.25) is 9.59 Å². The van der Waals surface area contributed by atoms with Crippen molar-refractivity contribution in [1.82, 2.24) is 0 Å². The minimum Gasteiger partial charge on any atom is -0.481 e. The van der Waals surface area contributed by atoms with Crippen LogP contribution >= 0.6 is 11.8 Å². The molecule has 0 heterocycles. The van der Waals surface area contributed by atoms with E-state index in [0.717, 1.165) is 4.90 Å². The maximum Gasteiger partial charge on any atom is 0.303 e. The van der Waals surface area contributed by atoms with Crippen molar-refractivity contribution in [3.63, 3.8) is 0 Å². The molecule has 1 aromatic rings. The van der Waals surface area contributed by atoms with E-state index in [1.807, 2.05) is 12.1 Å². The largest absolute Gasteiger partial charge is 0.481 e. The molecule has 0 bridgehead atoms. The Morgan fingerprint density at radius 1 is 1.18 bits per heavy atom. The van der Waals surface area contributed by atoms with Crippen LogP contribution in [0.15, 0.2) is 29.2 Å². The second-order valence-corrected chi connectivity index (χ2v) is 5.66. The summed E-state index contributed by atoms with van der Waals surface area (Å²) < 4.78 is 0. The number of carbonyl (C=O) groups is 2. The number of hydrogen-bond acceptors (Lipinski definition) is 3. The summed E-state index contributed by atoms with van der Waals surface area (Å²) in [4.78, 5) is 23.1. The molecule has 1 rings (SSSR count). The van der Waals surface area contributed by atoms with Crippen molar-refractivity contribution in [2.75, 3.05) is 0 Å². The molecule has 0 aliphatic heterocycles. The second kappa shape index (κ2) is 6.45. The first-order valence-electron chi connectivity index (χ1n) is 5.50. The molecule has 0 unspecified atom stereocenters. The average molecular weight is 252 g/mol. The summed E-state index contributed by atoms with van der Waals surface area (Å²) in [7, 11) is 0. The van der Waals surface area contributed by atoms with E-state index >= 15 is 0 Å². The molecule has 0 fully saturated rings. The molecule has 92 valence electrons. The minimum absolute atomic E-state index is 0.0615. The molecule has 1 N–H and O–H groups in total. The van der Waals surface area contributed by atoms with E-state index in [9.17, 15) is 9.59 Å². The van der Waals surface area contributed by atoms with Gasteiger partial charge in [-0.2, -0.15) is 0 Å². The zero-order chi connectivity index (χ0) is 12.8. The number of thioether (sulfide) groups is 1. The fraction of sp³-hybridized carbons (Fsp3) is 0.385. The molecular formula is C13H16O3S. The molecule has 1 aromatic carbocycles. The van der Waals surface area contributed by atoms with Crippen molar-refractivity contribution >= 4 is 23.5 Å². The Hall–Kier alpha value is -1.29. The molecule has 0 aliphatic carbocycles. The molecule has 0 spiro atoms. The van der Waals surface area contributed by atoms with Gasteiger partial charge in [-0.05, 0) is 12.1 Å². The third kappa shape index (κ3) is 5.04. The molecule has 17 heavy (non-hydrogen) atoms. The van der Waals surface area contributed by atoms with Crippen LogP contribution in [0.4, 0.5) is 0 Å². The van der Waals surface area contributed by atoms with Crippen LogP contribution in [0.25, 0.3) is 0 Å². The lowest BCUT2D eigenvalue weighted by molar-refractivity contribution is -0.136. The molecule has 0 aliphatic rings. The second-order valence-electron chi connectivity index (χ2n) is 4.01. The summed E-state index contributed by atoms with van der Waals surface area (Å²) in [6.45, 7) is 4.22. The molecule has 0 aromatic heterocycles. The van der Waals surface area contributed by atoms with Crippen molar-refractivity contribution in [3.05, 3.63) is 29.8 Å². The molecule has 0 saturated carbocycles. The number of rotatable bonds is 6. The van der Waals surface area contributed by atoms with E-state index < -0.39 is 5.97 Å². The number of aliphatic carboxylic acids is 1. The molecular weight excluding hydrogens is 236 g/mol. The Kier molecular flexibility index (Phi) is 5.22. The van der Waals surface area contributed by atoms with Gasteiger partial charge in [0.1, 0.15) is 0 Å². The topological polar surface area (TPSA) is 54.4 Å². The minimum atomic E-state index is -0.940. The molecule has 0 saturated heterocycles. The molecule has 0 amide bonds. The molecule has 4 heteroatoms. The molecule has 0 atom stereocenters. The lowest BCUT2D eigenvalue weighted by Gasteiger charge is -2.05. The van der Waals surface area contributed by atoms with E-state index in [4.69, 9.17) is 5.11 Å². The van der Waals surface area contributed by atoms with E-state index in [0.29, 0.717) is 10.8 Å². The van der Waals surface area contributed by atoms with Crippen LogP contribution in [0.5, 0.6) is 0 Å². The van der Waals surface area contributed by atoms with Gasteiger partial charge in [-0.15, -0.1) is 11.8 Å². The van der Waals surface area contributed by atoms with Gasteiger partial charge in [0.15, 0.2) is 5.78 Å². The van der Waals surface area contributed by atoms with Gasteiger partial charge in [0, 0.05) is 22.1 Å². The Morgan fingerprint density at radius 2 is 1.76 bits per heavy atom. The van der Waals surface area contributed by atoms with Crippen molar-refractivity contribution in [2.45, 2.75) is 36.8 Å². The predicted molar refractivity (Wildman–Crippen MR) is 68.6 cm³/mol. The SMILES string of the molecule is CC(C)Sc1ccc(C(=O)CCC(=O)O)cc1. The molecule has 3 nitrogen and oxygen atoms in total. The number of carboxylic acid groups (broad SMARTS) is 1. The first kappa shape index (κ1) is 13.8. The zero-order valence-corrected chi connectivity index (χ0v) is 10.8. The highest BCUT2D eigenvalue weighted by Gasteiger charge is 2.08. The number of ketones is 1. The number of benzene rings is 1. The van der Waals surface area contributed by atoms with Gasteiger partial charge < -0.3 is 5.11 Å². The maximum absolute atomic E-state index is 11.6. The van der Waals surface area contributed by atoms with Gasteiger partial charge in [-0.1, -0.05) is 26.0 Å². The summed E-state index contributed by atoms with van der Waals surface area (Å²) in [5.74, 6) is -1.06. The average Bonchev–Trinajstić information content (AvgIpc) is 2.26. The quantitative estimate of drug-likeness (QED) is 0.624. The summed E-state index contributed by atoms with van der Waals surface area (Å²) in [6.07, 6.45) is -0.0483. The highest BCUT2D eigenvalue weighted by atomic mass is 32.2. The number of hydrogen-bond donors (Lipinski definition) is 1. The molecule has 0 radical (unpaired) electrons. The number of carboxylic acids is 1. The van der Waals surface area contributed by atoms with E-state index in [1.54, 1.807) is 23.9 Å². The normalized spacial score (nSPS) is 10.5. The zero-order valence-electron chi connectivity index (χ0n) is 9.97. The fourth-order valence-electron chi connectivity index (χ4n) is 1.36. The first-order chi connectivity index (χ1) is 7.99. The van der Waals surface area contributed by atoms with Crippen molar-refractivity contribution in [1.29, 1.82) is 0 Å². The van der Waals surface area contributed by atoms with Crippen LogP contribution in [0.1, 0.15) is 37.0 Å². The van der Waals surface area contributed by atoms with Gasteiger partial charge >= 0.3 is 5.97 Å². The Morgan fingerprint density at radius 3 is 2.24 bits per heavy atom. The van der Waals surface area contributed by atoms with Crippen LogP contribution in [0.3, 0.4) is 0 Å². The smallest absolute Gasteiger partial charge is 0.303 e. The van der Waals surface area contributed by atoms with Gasteiger partial charge in [0.2, 0.25) is 0 Å². The lowest BCUT2D eigenvalue weighted by Crippen LogP contribution is -2.03. The van der Waals surface area contributed by atoms with E-state index in [1.165, 1.54) is 0 Å². The van der Waals surface area contributed by atoms with Crippen LogP contribution < -0.4 is 0 Å². The van der Waals surface area contributed by atoms with Crippen molar-refractivity contribution in [3.8, 4) is 0 Å². The third-order valence-corrected chi connectivity index (χ3v) is 3.13. The number of Topliss-reactive ketones (excluding diaryl/α,β-unsaturated/α-hetero) is 1. The van der Waals surface area contributed by atoms with Gasteiger partial charge in [-0.25, -0.2) is 0 Å². The summed E-state index contributed by atoms with van der Waals surface area (Å²) >= 11 is 1.73. The van der Waals surface area contributed by atoms with Gasteiger partial charge in [0.05, 0.1) is 6.42 Å². The van der Waals surface area contributed by atoms with Crippen LogP contribution in [-0.4, -0.2) is 22.1 Å². The van der Waals surface area contributed by atoms with E-state index in [2.05, 4.69) is 13.8 Å². The lowest BCUT2D eigenvalue weighted by atomic mass is 10.1. The highest BCUT2D eigenvalue weighted by molar-refractivity contribution is 7.99. The highest BCUT2D eigenvalue weighted by Crippen LogP contribution is 2.23. The summed E-state index contributed by atoms with van der Waals surface area (Å²) in [5.41, 5.74) is 0.583. The predicted octanol–water partition coefficient (Wildman–Crippen LogP) is 3.23. The standard InChI is InChI=1S/C13H16O3S/c1-9(2)17-11-5-3-10(4-6-11)12(14)7-8-13(15)16/h3-6,9H,7-8H2,1-2H3,(H,15,16). The van der Waals surface area contributed by atoms with Crippen LogP contribution in [0.2, 0.25) is 0 Å². The van der Waals surface area contributed by atoms with Crippen LogP contribution in [-0.2, 0) is 4.79 Å². The summed E-state index contributed by atoms with van der Waals surface area (Å²) in [5, 5.41) is 9.00. The van der Waals surface area contributed by atoms with Crippen molar-refractivity contribution in [2.24, 2.45) is 0 Å². The maximum atomic E-state index is 11.6. The fourth-order valence-corrected chi connectivity index (χ4v) is 2.19. The Bertz CT molecular complexity index is 396. The third-order valence-electron chi connectivity index (χ3n) is 2.11. The monoisotopic (exact) mass is 252 g/mol. The first-order valence-corrected chi connectivity index (χ1v) is 6.38. The number of carbonyl (C=O) groups excluding carboxylic acids is 1. The summed E-state index contributed by atoms with van der Waals surface area (Å²) in [6, 6.07) is 7.32. The Labute approximate surface area is 105 Å². The van der Waals surface area contributed by atoms with Gasteiger partial charge in [0.25, 0.3) is 0 Å². The van der Waals surface area contributed by atoms with E-state index in [-0.39, 0.29) is 18.6 Å². The van der Waals surface area contributed by atoms with Crippen molar-refractivity contribution < 1.29 is 14.7 Å².